The number of nitrogens with one attached hydrogen (secondary N) is 7. The number of likely N-dealkylation sites (tertiary alicyclic amines) is 1. The number of alkyl carbamates (subject to hydrolysis) is 1. The Labute approximate surface area is 707 Å². The molecule has 1 unspecified atom stereocenters. The normalized spacial score (nSPS) is 15.9. The number of rotatable bonds is 60. The molecule has 4 rings (SSSR count). The third kappa shape index (κ3) is 37.0. The van der Waals surface area contributed by atoms with Gasteiger partial charge in [-0.2, -0.15) is 0 Å². The van der Waals surface area contributed by atoms with Crippen LogP contribution in [0.15, 0.2) is 66.7 Å². The number of imide groups is 1. The lowest BCUT2D eigenvalue weighted by Crippen LogP contribution is -2.60. The van der Waals surface area contributed by atoms with Crippen LogP contribution in [-0.4, -0.2) is 291 Å². The average molecular weight is 1700 g/mol. The first-order valence-corrected chi connectivity index (χ1v) is 41.8. The second kappa shape index (κ2) is 56.7. The van der Waals surface area contributed by atoms with Crippen molar-refractivity contribution in [3.63, 3.8) is 0 Å². The molecule has 34 nitrogen and oxygen atoms in total. The van der Waals surface area contributed by atoms with Crippen molar-refractivity contribution in [1.29, 1.82) is 0 Å². The average Bonchev–Trinajstić information content (AvgIpc) is 1.69. The smallest absolute Gasteiger partial charge is 0.407 e. The van der Waals surface area contributed by atoms with Crippen LogP contribution >= 0.6 is 12.2 Å². The van der Waals surface area contributed by atoms with Crippen molar-refractivity contribution in [2.75, 3.05) is 146 Å². The molecule has 2 aliphatic rings. The van der Waals surface area contributed by atoms with Crippen LogP contribution in [0.2, 0.25) is 0 Å². The van der Waals surface area contributed by atoms with Crippen molar-refractivity contribution in [2.24, 2.45) is 35.3 Å². The fourth-order valence-corrected chi connectivity index (χ4v) is 14.2. The van der Waals surface area contributed by atoms with Gasteiger partial charge < -0.3 is 105 Å². The first-order chi connectivity index (χ1) is 56.9. The molecule has 11 atom stereocenters. The van der Waals surface area contributed by atoms with Gasteiger partial charge in [0.15, 0.2) is 0 Å². The summed E-state index contributed by atoms with van der Waals surface area (Å²) in [6, 6.07) is 9.79. The summed E-state index contributed by atoms with van der Waals surface area (Å²) >= 11 is 5.91. The number of amides is 12. The Morgan fingerprint density at radius 3 is 1.73 bits per heavy atom. The number of unbranched alkanes of at least 4 members (excludes halogenated alkanes) is 2. The summed E-state index contributed by atoms with van der Waals surface area (Å²) in [7, 11) is 7.71. The van der Waals surface area contributed by atoms with Crippen LogP contribution < -0.4 is 43.0 Å². The number of thiocarbonyl (C=S) groups is 1. The second-order valence-corrected chi connectivity index (χ2v) is 31.1. The molecule has 2 heterocycles. The minimum atomic E-state index is -1.06. The van der Waals surface area contributed by atoms with Crippen LogP contribution in [0.25, 0.3) is 0 Å². The van der Waals surface area contributed by atoms with E-state index >= 15 is 0 Å². The van der Waals surface area contributed by atoms with Gasteiger partial charge in [0, 0.05) is 91.1 Å². The van der Waals surface area contributed by atoms with E-state index in [2.05, 4.69) is 37.2 Å². The topological polar surface area (TPSA) is 420 Å². The second-order valence-electron chi connectivity index (χ2n) is 30.7. The number of nitrogens with two attached hydrogens (primary N) is 1. The Balaban J connectivity index is 1.06. The van der Waals surface area contributed by atoms with E-state index in [1.165, 1.54) is 31.3 Å². The van der Waals surface area contributed by atoms with Gasteiger partial charge in [0.25, 0.3) is 11.8 Å². The Morgan fingerprint density at radius 2 is 1.18 bits per heavy atom. The number of methoxy groups -OCH3 is 3. The molecule has 1 fully saturated rings. The van der Waals surface area contributed by atoms with Crippen LogP contribution in [0.4, 0.5) is 15.3 Å². The molecule has 1 saturated heterocycles. The molecule has 12 amide bonds. The van der Waals surface area contributed by atoms with Gasteiger partial charge in [0.05, 0.1) is 129 Å². The summed E-state index contributed by atoms with van der Waals surface area (Å²) in [6.45, 7) is 21.1. The molecule has 2 aromatic rings. The number of primary amides is 1. The highest BCUT2D eigenvalue weighted by molar-refractivity contribution is 7.80. The van der Waals surface area contributed by atoms with Crippen molar-refractivity contribution in [1.82, 2.24) is 51.5 Å². The molecule has 0 bridgehead atoms. The van der Waals surface area contributed by atoms with Gasteiger partial charge in [0.1, 0.15) is 36.8 Å². The van der Waals surface area contributed by atoms with Gasteiger partial charge in [-0.15, -0.1) is 0 Å². The van der Waals surface area contributed by atoms with Crippen molar-refractivity contribution in [3.8, 4) is 0 Å². The van der Waals surface area contributed by atoms with Crippen molar-refractivity contribution in [3.05, 3.63) is 77.9 Å². The van der Waals surface area contributed by atoms with Crippen LogP contribution in [0.3, 0.4) is 0 Å². The number of likely N-dealkylation sites (N-methyl/N-ethyl adjacent to an activating group) is 2. The van der Waals surface area contributed by atoms with Crippen LogP contribution in [0, 0.1) is 29.6 Å². The number of urea groups is 1. The first kappa shape index (κ1) is 103. The van der Waals surface area contributed by atoms with Crippen LogP contribution in [0.1, 0.15) is 144 Å². The molecule has 119 heavy (non-hydrogen) atoms. The lowest BCUT2D eigenvalue weighted by atomic mass is 9.89. The number of anilines is 1. The molecule has 2 aromatic carbocycles. The summed E-state index contributed by atoms with van der Waals surface area (Å²) in [4.78, 5) is 164. The summed E-state index contributed by atoms with van der Waals surface area (Å²) in [5.41, 5.74) is 7.16. The van der Waals surface area contributed by atoms with E-state index in [9.17, 15) is 57.5 Å². The van der Waals surface area contributed by atoms with Crippen LogP contribution in [0.5, 0.6) is 0 Å². The number of benzene rings is 2. The molecular weight excluding hydrogens is 1560 g/mol. The van der Waals surface area contributed by atoms with E-state index in [0.29, 0.717) is 108 Å². The molecule has 9 N–H and O–H groups in total. The number of hydrogen-bond acceptors (Lipinski definition) is 23. The van der Waals surface area contributed by atoms with Gasteiger partial charge in [-0.1, -0.05) is 130 Å². The summed E-state index contributed by atoms with van der Waals surface area (Å²) < 4.78 is 56.3. The number of nitrogens with zero attached hydrogens (tertiary/aromatic N) is 4. The van der Waals surface area contributed by atoms with Gasteiger partial charge in [-0.05, 0) is 85.5 Å². The zero-order valence-corrected chi connectivity index (χ0v) is 73.0. The molecule has 2 aliphatic heterocycles. The number of esters is 1. The van der Waals surface area contributed by atoms with Gasteiger partial charge in [-0.3, -0.25) is 48.1 Å². The lowest BCUT2D eigenvalue weighted by molar-refractivity contribution is -0.148. The van der Waals surface area contributed by atoms with Crippen molar-refractivity contribution >= 4 is 94.2 Å². The molecule has 668 valence electrons. The maximum Gasteiger partial charge on any atom is 0.407 e. The minimum absolute atomic E-state index is 0.00227. The monoisotopic (exact) mass is 1690 g/mol. The van der Waals surface area contributed by atoms with Gasteiger partial charge >= 0.3 is 18.1 Å². The number of hydrogen-bond donors (Lipinski definition) is 8. The predicted octanol–water partition coefficient (Wildman–Crippen LogP) is 5.15. The molecule has 0 aromatic heterocycles. The Bertz CT molecular complexity index is 3490. The Kier molecular flexibility index (Phi) is 48.8. The van der Waals surface area contributed by atoms with E-state index < -0.39 is 90.2 Å². The maximum atomic E-state index is 14.8. The number of carbonyl (C=O) groups is 12. The maximum absolute atomic E-state index is 14.8. The SMILES string of the molecule is CC[C@H](C)[C@@H]([C@@H](CC(=O)N1CCC[C@H]1[C@H](OC)C(C)C(=S)N[C@@H](Cc1ccccc1)C(=O)OC)OC)N(C)C(=O)[C@@H](NC(=O)[C@H](C(C)C)N(C)C(=O)CCOCCOCCOCCOCCOCCOCCNC(=O)OCc1ccc(NC(=O)[C@H](CCCNC(N)=O)NC(=O)[C@@H](NC(=O)CCCCCN2C(=O)C=CC2=O)C(C)C)cc1)C(C)C. The first-order valence-electron chi connectivity index (χ1n) is 41.4. The van der Waals surface area contributed by atoms with Gasteiger partial charge in [-0.25, -0.2) is 14.4 Å². The highest BCUT2D eigenvalue weighted by Crippen LogP contribution is 2.31. The highest BCUT2D eigenvalue weighted by atomic mass is 32.1. The lowest BCUT2D eigenvalue weighted by Gasteiger charge is -2.41. The van der Waals surface area contributed by atoms with Crippen molar-refractivity contribution < 1.29 is 105 Å². The Morgan fingerprint density at radius 1 is 0.597 bits per heavy atom. The molecule has 0 aliphatic carbocycles. The number of ether oxygens (including phenoxy) is 10. The van der Waals surface area contributed by atoms with E-state index in [1.54, 1.807) is 64.2 Å². The molecule has 0 radical (unpaired) electrons. The van der Waals surface area contributed by atoms with E-state index in [-0.39, 0.29) is 157 Å². The quantitative estimate of drug-likeness (QED) is 0.0184. The predicted molar refractivity (Wildman–Crippen MR) is 449 cm³/mol. The Hall–Kier alpha value is -8.81. The minimum Gasteiger partial charge on any atom is -0.467 e. The molecule has 35 heteroatoms. The molecule has 0 spiro atoms. The molecular formula is C84H134N12O22S. The third-order valence-corrected chi connectivity index (χ3v) is 21.3. The van der Waals surface area contributed by atoms with Crippen molar-refractivity contribution in [2.45, 2.75) is 200 Å². The summed E-state index contributed by atoms with van der Waals surface area (Å²) in [5, 5.41) is 19.6. The van der Waals surface area contributed by atoms with E-state index in [4.69, 9.17) is 65.3 Å². The summed E-state index contributed by atoms with van der Waals surface area (Å²) in [5.74, 6) is -5.55. The third-order valence-electron chi connectivity index (χ3n) is 20.8. The fourth-order valence-electron chi connectivity index (χ4n) is 13.9. The largest absolute Gasteiger partial charge is 0.467 e. The van der Waals surface area contributed by atoms with E-state index in [1.807, 2.05) is 83.7 Å². The summed E-state index contributed by atoms with van der Waals surface area (Å²) in [6.07, 6.45) is 4.98. The standard InChI is InChI=1S/C84H134N12O22S/c1-15-58(8)75(66(109-12)53-71(101)95-39-23-27-65(95)76(110-13)59(9)80(119)90-64(82(106)111-14)52-60-24-18-16-19-25-60)94(11)81(105)73(56(4)5)92-79(104)74(57(6)7)93(10)68(98)35-40-112-42-44-114-46-48-116-50-51-117-49-47-115-45-43-113-41-37-87-84(108)118-54-61-29-31-62(32-30-61)88-77(102)63(26-22-36-86-83(85)107)89-78(103)72(55(2)3)91-67(97)28-20-17-21-38-96-69(99)33-34-70(96)100/h16,18-19,24-25,29-34,55-59,63-66,72-76H,15,17,20-23,26-28,35-54H2,1-14H3,(H,87,108)(H,88,102)(H,89,103)(H,90,119)(H,91,97)(H,92,104)(H3,85,86,107)/t58-,59?,63-,64-,65-,66+,72-,73-,74-,75-,76+/m0/s1. The van der Waals surface area contributed by atoms with Gasteiger partial charge in [0.2, 0.25) is 41.4 Å². The zero-order chi connectivity index (χ0) is 87.9. The zero-order valence-electron chi connectivity index (χ0n) is 72.2. The van der Waals surface area contributed by atoms with E-state index in [0.717, 1.165) is 16.9 Å². The number of carbonyl (C=O) groups excluding carboxylic acids is 12. The van der Waals surface area contributed by atoms with Crippen LogP contribution in [-0.2, 0) is 108 Å². The fraction of sp³-hybridized carbons (Fsp3) is 0.679. The highest BCUT2D eigenvalue weighted by Gasteiger charge is 2.44. The molecule has 0 saturated carbocycles.